The molecule has 0 aromatic heterocycles. The molecule has 2 aliphatic heterocycles. The zero-order valence-electron chi connectivity index (χ0n) is 11.1. The minimum atomic E-state index is -3.48. The van der Waals surface area contributed by atoms with Gasteiger partial charge in [-0.25, -0.2) is 0 Å². The van der Waals surface area contributed by atoms with E-state index in [2.05, 4.69) is 13.8 Å². The van der Waals surface area contributed by atoms with Gasteiger partial charge in [0.2, 0.25) is 0 Å². The Balaban J connectivity index is 2.32. The van der Waals surface area contributed by atoms with Crippen molar-refractivity contribution < 1.29 is 17.3 Å². The van der Waals surface area contributed by atoms with Crippen molar-refractivity contribution in [3.63, 3.8) is 0 Å². The third kappa shape index (κ3) is 2.02. The Morgan fingerprint density at radius 1 is 1.18 bits per heavy atom. The standard InChI is InChI=1S/C12H22O4S/c1-7(2)9-6-12(5)11(15-9)10(8(3)4)17(13,14)16-12/h7-11H,6H2,1-5H3. The quantitative estimate of drug-likeness (QED) is 0.714. The molecule has 17 heavy (non-hydrogen) atoms. The third-order valence-corrected chi connectivity index (χ3v) is 5.94. The molecule has 2 aliphatic rings. The van der Waals surface area contributed by atoms with Gasteiger partial charge in [0.25, 0.3) is 10.1 Å². The first-order chi connectivity index (χ1) is 7.67. The minimum absolute atomic E-state index is 0.0118. The van der Waals surface area contributed by atoms with Gasteiger partial charge in [0.15, 0.2) is 0 Å². The molecule has 0 saturated carbocycles. The normalized spacial score (nSPS) is 44.5. The van der Waals surface area contributed by atoms with Crippen LogP contribution in [0.3, 0.4) is 0 Å². The van der Waals surface area contributed by atoms with Gasteiger partial charge in [0.05, 0.1) is 6.10 Å². The predicted octanol–water partition coefficient (Wildman–Crippen LogP) is 1.94. The molecule has 2 saturated heterocycles. The highest BCUT2D eigenvalue weighted by molar-refractivity contribution is 7.87. The van der Waals surface area contributed by atoms with E-state index in [4.69, 9.17) is 8.92 Å². The van der Waals surface area contributed by atoms with Crippen LogP contribution < -0.4 is 0 Å². The molecule has 4 atom stereocenters. The Morgan fingerprint density at radius 2 is 1.76 bits per heavy atom. The molecule has 5 heteroatoms. The Morgan fingerprint density at radius 3 is 2.24 bits per heavy atom. The summed E-state index contributed by atoms with van der Waals surface area (Å²) in [7, 11) is -3.48. The highest BCUT2D eigenvalue weighted by Gasteiger charge is 2.62. The summed E-state index contributed by atoms with van der Waals surface area (Å²) in [6.07, 6.45) is 0.444. The van der Waals surface area contributed by atoms with Crippen molar-refractivity contribution in [1.82, 2.24) is 0 Å². The van der Waals surface area contributed by atoms with Crippen LogP contribution in [-0.4, -0.2) is 31.5 Å². The molecule has 2 rings (SSSR count). The fourth-order valence-corrected chi connectivity index (χ4v) is 5.08. The summed E-state index contributed by atoms with van der Waals surface area (Å²) in [5.74, 6) is 0.397. The molecule has 4 nitrogen and oxygen atoms in total. The van der Waals surface area contributed by atoms with Crippen LogP contribution in [0.2, 0.25) is 0 Å². The van der Waals surface area contributed by atoms with Gasteiger partial charge < -0.3 is 4.74 Å². The van der Waals surface area contributed by atoms with Crippen molar-refractivity contribution in [2.24, 2.45) is 11.8 Å². The van der Waals surface area contributed by atoms with Crippen LogP contribution in [0, 0.1) is 11.8 Å². The van der Waals surface area contributed by atoms with E-state index in [1.54, 1.807) is 0 Å². The molecule has 4 unspecified atom stereocenters. The van der Waals surface area contributed by atoms with E-state index in [9.17, 15) is 8.42 Å². The molecule has 0 aliphatic carbocycles. The SMILES string of the molecule is CC(C)C1CC2(C)OS(=O)(=O)C(C(C)C)C2O1. The summed E-state index contributed by atoms with van der Waals surface area (Å²) in [5, 5.41) is -0.531. The van der Waals surface area contributed by atoms with Crippen LogP contribution in [0.1, 0.15) is 41.0 Å². The monoisotopic (exact) mass is 262 g/mol. The van der Waals surface area contributed by atoms with E-state index in [0.717, 1.165) is 0 Å². The van der Waals surface area contributed by atoms with Crippen molar-refractivity contribution in [2.75, 3.05) is 0 Å². The zero-order valence-corrected chi connectivity index (χ0v) is 12.0. The van der Waals surface area contributed by atoms with E-state index in [1.807, 2.05) is 20.8 Å². The number of hydrogen-bond donors (Lipinski definition) is 0. The Kier molecular flexibility index (Phi) is 3.08. The van der Waals surface area contributed by atoms with E-state index in [-0.39, 0.29) is 18.1 Å². The van der Waals surface area contributed by atoms with Gasteiger partial charge in [-0.3, -0.25) is 4.18 Å². The highest BCUT2D eigenvalue weighted by Crippen LogP contribution is 2.48. The molecule has 2 heterocycles. The predicted molar refractivity (Wildman–Crippen MR) is 65.2 cm³/mol. The van der Waals surface area contributed by atoms with E-state index >= 15 is 0 Å². The fraction of sp³-hybridized carbons (Fsp3) is 1.00. The van der Waals surface area contributed by atoms with Gasteiger partial charge in [-0.05, 0) is 18.8 Å². The van der Waals surface area contributed by atoms with Crippen molar-refractivity contribution in [3.8, 4) is 0 Å². The second-order valence-electron chi connectivity index (χ2n) is 6.14. The van der Waals surface area contributed by atoms with Crippen LogP contribution >= 0.6 is 0 Å². The second-order valence-corrected chi connectivity index (χ2v) is 7.84. The third-order valence-electron chi connectivity index (χ3n) is 3.87. The largest absolute Gasteiger partial charge is 0.370 e. The zero-order chi connectivity index (χ0) is 13.0. The van der Waals surface area contributed by atoms with Crippen LogP contribution in [0.25, 0.3) is 0 Å². The minimum Gasteiger partial charge on any atom is -0.370 e. The molecule has 0 N–H and O–H groups in total. The molecule has 0 aromatic rings. The van der Waals surface area contributed by atoms with E-state index in [0.29, 0.717) is 12.3 Å². The van der Waals surface area contributed by atoms with E-state index in [1.165, 1.54) is 0 Å². The van der Waals surface area contributed by atoms with Gasteiger partial charge in [-0.1, -0.05) is 27.7 Å². The average Bonchev–Trinajstić information content (AvgIpc) is 2.49. The van der Waals surface area contributed by atoms with E-state index < -0.39 is 21.0 Å². The number of fused-ring (bicyclic) bond motifs is 1. The first-order valence-corrected chi connectivity index (χ1v) is 7.74. The average molecular weight is 262 g/mol. The Bertz CT molecular complexity index is 401. The fourth-order valence-electron chi connectivity index (χ4n) is 2.95. The molecule has 0 radical (unpaired) electrons. The molecule has 0 amide bonds. The van der Waals surface area contributed by atoms with Crippen molar-refractivity contribution in [2.45, 2.75) is 64.1 Å². The Hall–Kier alpha value is -0.130. The van der Waals surface area contributed by atoms with Crippen LogP contribution in [0.5, 0.6) is 0 Å². The summed E-state index contributed by atoms with van der Waals surface area (Å²) >= 11 is 0. The number of hydrogen-bond acceptors (Lipinski definition) is 4. The molecule has 100 valence electrons. The van der Waals surface area contributed by atoms with Gasteiger partial charge in [-0.15, -0.1) is 0 Å². The molecular weight excluding hydrogens is 240 g/mol. The summed E-state index contributed by atoms with van der Waals surface area (Å²) in [6, 6.07) is 0. The maximum Gasteiger partial charge on any atom is 0.273 e. The molecule has 0 aromatic carbocycles. The lowest BCUT2D eigenvalue weighted by Gasteiger charge is -2.22. The smallest absolute Gasteiger partial charge is 0.273 e. The topological polar surface area (TPSA) is 52.6 Å². The van der Waals surface area contributed by atoms with Gasteiger partial charge in [0.1, 0.15) is 17.0 Å². The van der Waals surface area contributed by atoms with Crippen molar-refractivity contribution >= 4 is 10.1 Å². The van der Waals surface area contributed by atoms with Gasteiger partial charge >= 0.3 is 0 Å². The van der Waals surface area contributed by atoms with Crippen LogP contribution in [0.15, 0.2) is 0 Å². The van der Waals surface area contributed by atoms with Crippen molar-refractivity contribution in [3.05, 3.63) is 0 Å². The maximum atomic E-state index is 12.0. The lowest BCUT2D eigenvalue weighted by molar-refractivity contribution is -0.0145. The van der Waals surface area contributed by atoms with Crippen LogP contribution in [-0.2, 0) is 19.0 Å². The first kappa shape index (κ1) is 13.3. The number of rotatable bonds is 2. The highest BCUT2D eigenvalue weighted by atomic mass is 32.2. The molecular formula is C12H22O4S. The van der Waals surface area contributed by atoms with Gasteiger partial charge in [0, 0.05) is 6.42 Å². The Labute approximate surface area is 104 Å². The van der Waals surface area contributed by atoms with Gasteiger partial charge in [-0.2, -0.15) is 8.42 Å². The van der Waals surface area contributed by atoms with Crippen molar-refractivity contribution in [1.29, 1.82) is 0 Å². The lowest BCUT2D eigenvalue weighted by Crippen LogP contribution is -2.39. The number of ether oxygens (including phenoxy) is 1. The lowest BCUT2D eigenvalue weighted by atomic mass is 9.88. The summed E-state index contributed by atoms with van der Waals surface area (Å²) in [6.45, 7) is 9.86. The molecule has 2 fully saturated rings. The molecule has 0 spiro atoms. The van der Waals surface area contributed by atoms with Crippen LogP contribution in [0.4, 0.5) is 0 Å². The second kappa shape index (κ2) is 3.93. The first-order valence-electron chi connectivity index (χ1n) is 6.27. The molecule has 0 bridgehead atoms. The summed E-state index contributed by atoms with van der Waals surface area (Å²) in [5.41, 5.74) is -0.664. The summed E-state index contributed by atoms with van der Waals surface area (Å²) in [4.78, 5) is 0. The maximum absolute atomic E-state index is 12.0. The summed E-state index contributed by atoms with van der Waals surface area (Å²) < 4.78 is 35.3.